The van der Waals surface area contributed by atoms with Crippen molar-refractivity contribution in [3.63, 3.8) is 0 Å². The fraction of sp³-hybridized carbons (Fsp3) is 0.231. The third kappa shape index (κ3) is 3.11. The first kappa shape index (κ1) is 14.0. The molecule has 100 valence electrons. The number of thioether (sulfide) groups is 1. The Morgan fingerprint density at radius 3 is 2.89 bits per heavy atom. The summed E-state index contributed by atoms with van der Waals surface area (Å²) in [5, 5.41) is 13.6. The number of aryl methyl sites for hydroxylation is 2. The molecule has 6 heteroatoms. The van der Waals surface area contributed by atoms with Crippen molar-refractivity contribution in [1.29, 1.82) is 0 Å². The van der Waals surface area contributed by atoms with Crippen molar-refractivity contribution in [1.82, 2.24) is 9.78 Å². The van der Waals surface area contributed by atoms with Gasteiger partial charge in [-0.15, -0.1) is 11.8 Å². The standard InChI is InChI=1S/C13H13ClN2O2S/c1-8-3-4-9(10(14)5-8)13-11(6-15-16(13)2)19-7-12(17)18/h3-6H,7H2,1-2H3,(H,17,18). The minimum Gasteiger partial charge on any atom is -0.481 e. The zero-order chi connectivity index (χ0) is 14.0. The van der Waals surface area contributed by atoms with Crippen LogP contribution in [0.4, 0.5) is 0 Å². The van der Waals surface area contributed by atoms with Crippen LogP contribution < -0.4 is 0 Å². The van der Waals surface area contributed by atoms with Gasteiger partial charge in [-0.25, -0.2) is 0 Å². The molecule has 0 atom stereocenters. The molecule has 2 aromatic rings. The van der Waals surface area contributed by atoms with E-state index in [1.165, 1.54) is 11.8 Å². The predicted octanol–water partition coefficient (Wildman–Crippen LogP) is 3.23. The SMILES string of the molecule is Cc1ccc(-c2c(SCC(=O)O)cnn2C)c(Cl)c1. The molecule has 1 heterocycles. The molecular weight excluding hydrogens is 284 g/mol. The lowest BCUT2D eigenvalue weighted by Crippen LogP contribution is -1.99. The molecule has 0 fully saturated rings. The maximum absolute atomic E-state index is 10.7. The smallest absolute Gasteiger partial charge is 0.313 e. The molecule has 0 saturated carbocycles. The summed E-state index contributed by atoms with van der Waals surface area (Å²) < 4.78 is 1.71. The van der Waals surface area contributed by atoms with Crippen LogP contribution in [0.1, 0.15) is 5.56 Å². The number of carboxylic acid groups (broad SMARTS) is 1. The Morgan fingerprint density at radius 1 is 1.53 bits per heavy atom. The highest BCUT2D eigenvalue weighted by atomic mass is 35.5. The number of hydrogen-bond donors (Lipinski definition) is 1. The Morgan fingerprint density at radius 2 is 2.26 bits per heavy atom. The van der Waals surface area contributed by atoms with Crippen LogP contribution in [0.3, 0.4) is 0 Å². The summed E-state index contributed by atoms with van der Waals surface area (Å²) in [5.41, 5.74) is 2.78. The quantitative estimate of drug-likeness (QED) is 0.880. The summed E-state index contributed by atoms with van der Waals surface area (Å²) in [6, 6.07) is 5.79. The summed E-state index contributed by atoms with van der Waals surface area (Å²) in [6.45, 7) is 1.97. The van der Waals surface area contributed by atoms with E-state index in [2.05, 4.69) is 5.10 Å². The first-order valence-electron chi connectivity index (χ1n) is 5.62. The van der Waals surface area contributed by atoms with E-state index >= 15 is 0 Å². The number of aliphatic carboxylic acids is 1. The molecule has 0 radical (unpaired) electrons. The van der Waals surface area contributed by atoms with Gasteiger partial charge in [0, 0.05) is 12.6 Å². The van der Waals surface area contributed by atoms with Crippen molar-refractivity contribution in [2.75, 3.05) is 5.75 Å². The molecule has 4 nitrogen and oxygen atoms in total. The minimum atomic E-state index is -0.852. The monoisotopic (exact) mass is 296 g/mol. The van der Waals surface area contributed by atoms with Gasteiger partial charge in [-0.1, -0.05) is 23.7 Å². The molecule has 0 amide bonds. The maximum Gasteiger partial charge on any atom is 0.313 e. The van der Waals surface area contributed by atoms with Crippen LogP contribution in [0.25, 0.3) is 11.3 Å². The fourth-order valence-corrected chi connectivity index (χ4v) is 2.89. The average molecular weight is 297 g/mol. The highest BCUT2D eigenvalue weighted by Gasteiger charge is 2.15. The molecule has 0 saturated heterocycles. The van der Waals surface area contributed by atoms with Crippen molar-refractivity contribution < 1.29 is 9.90 Å². The number of carboxylic acids is 1. The number of halogens is 1. The topological polar surface area (TPSA) is 55.1 Å². The summed E-state index contributed by atoms with van der Waals surface area (Å²) in [5.74, 6) is -0.850. The van der Waals surface area contributed by atoms with E-state index in [1.54, 1.807) is 10.9 Å². The molecule has 1 aromatic heterocycles. The molecule has 0 spiro atoms. The van der Waals surface area contributed by atoms with Crippen molar-refractivity contribution >= 4 is 29.3 Å². The fourth-order valence-electron chi connectivity index (χ4n) is 1.78. The highest BCUT2D eigenvalue weighted by molar-refractivity contribution is 8.00. The number of nitrogens with zero attached hydrogens (tertiary/aromatic N) is 2. The number of benzene rings is 1. The molecule has 0 aliphatic carbocycles. The second kappa shape index (κ2) is 5.67. The Bertz CT molecular complexity index is 625. The van der Waals surface area contributed by atoms with Crippen molar-refractivity contribution in [2.45, 2.75) is 11.8 Å². The second-order valence-corrected chi connectivity index (χ2v) is 5.57. The van der Waals surface area contributed by atoms with Crippen LogP contribution in [-0.4, -0.2) is 26.6 Å². The molecular formula is C13H13ClN2O2S. The van der Waals surface area contributed by atoms with Gasteiger partial charge in [-0.3, -0.25) is 9.48 Å². The molecule has 1 aromatic carbocycles. The van der Waals surface area contributed by atoms with Gasteiger partial charge >= 0.3 is 5.97 Å². The third-order valence-electron chi connectivity index (χ3n) is 2.64. The first-order chi connectivity index (χ1) is 8.99. The number of rotatable bonds is 4. The van der Waals surface area contributed by atoms with Gasteiger partial charge in [0.1, 0.15) is 0 Å². The van der Waals surface area contributed by atoms with Gasteiger partial charge in [-0.05, 0) is 18.6 Å². The van der Waals surface area contributed by atoms with E-state index < -0.39 is 5.97 Å². The van der Waals surface area contributed by atoms with E-state index in [9.17, 15) is 4.79 Å². The number of carbonyl (C=O) groups is 1. The van der Waals surface area contributed by atoms with Crippen molar-refractivity contribution in [3.8, 4) is 11.3 Å². The van der Waals surface area contributed by atoms with Crippen molar-refractivity contribution in [3.05, 3.63) is 35.0 Å². The van der Waals surface area contributed by atoms with Crippen LogP contribution in [-0.2, 0) is 11.8 Å². The van der Waals surface area contributed by atoms with Gasteiger partial charge in [-0.2, -0.15) is 5.10 Å². The number of hydrogen-bond acceptors (Lipinski definition) is 3. The van der Waals surface area contributed by atoms with E-state index in [1.807, 2.05) is 32.2 Å². The predicted molar refractivity (Wildman–Crippen MR) is 76.8 cm³/mol. The van der Waals surface area contributed by atoms with Crippen LogP contribution in [0.15, 0.2) is 29.3 Å². The number of aromatic nitrogens is 2. The van der Waals surface area contributed by atoms with Gasteiger partial charge in [0.2, 0.25) is 0 Å². The molecule has 0 unspecified atom stereocenters. The van der Waals surface area contributed by atoms with Crippen molar-refractivity contribution in [2.24, 2.45) is 7.05 Å². The zero-order valence-corrected chi connectivity index (χ0v) is 12.1. The summed E-state index contributed by atoms with van der Waals surface area (Å²) >= 11 is 7.50. The normalized spacial score (nSPS) is 10.7. The first-order valence-corrected chi connectivity index (χ1v) is 6.98. The summed E-state index contributed by atoms with van der Waals surface area (Å²) in [4.78, 5) is 11.5. The van der Waals surface area contributed by atoms with Gasteiger partial charge in [0.15, 0.2) is 0 Å². The molecule has 2 rings (SSSR count). The molecule has 0 aliphatic heterocycles. The maximum atomic E-state index is 10.7. The average Bonchev–Trinajstić information content (AvgIpc) is 2.68. The molecule has 0 aliphatic rings. The minimum absolute atomic E-state index is 0.00216. The van der Waals surface area contributed by atoms with Gasteiger partial charge in [0.05, 0.1) is 27.6 Å². The second-order valence-electron chi connectivity index (χ2n) is 4.15. The van der Waals surface area contributed by atoms with E-state index in [4.69, 9.17) is 16.7 Å². The van der Waals surface area contributed by atoms with Crippen LogP contribution in [0.2, 0.25) is 5.02 Å². The molecule has 1 N–H and O–H groups in total. The van der Waals surface area contributed by atoms with Crippen LogP contribution in [0.5, 0.6) is 0 Å². The van der Waals surface area contributed by atoms with E-state index in [0.717, 1.165) is 21.7 Å². The van der Waals surface area contributed by atoms with E-state index in [-0.39, 0.29) is 5.75 Å². The summed E-state index contributed by atoms with van der Waals surface area (Å²) in [7, 11) is 1.82. The zero-order valence-electron chi connectivity index (χ0n) is 10.6. The van der Waals surface area contributed by atoms with Gasteiger partial charge in [0.25, 0.3) is 0 Å². The lowest BCUT2D eigenvalue weighted by molar-refractivity contribution is -0.133. The lowest BCUT2D eigenvalue weighted by atomic mass is 10.1. The Labute approximate surface area is 120 Å². The Hall–Kier alpha value is -1.46. The highest BCUT2D eigenvalue weighted by Crippen LogP contribution is 2.35. The van der Waals surface area contributed by atoms with Gasteiger partial charge < -0.3 is 5.11 Å². The van der Waals surface area contributed by atoms with Crippen LogP contribution >= 0.6 is 23.4 Å². The largest absolute Gasteiger partial charge is 0.481 e. The molecule has 0 bridgehead atoms. The summed E-state index contributed by atoms with van der Waals surface area (Å²) in [6.07, 6.45) is 1.67. The Kier molecular flexibility index (Phi) is 4.17. The molecule has 19 heavy (non-hydrogen) atoms. The lowest BCUT2D eigenvalue weighted by Gasteiger charge is -2.08. The third-order valence-corrected chi connectivity index (χ3v) is 3.95. The van der Waals surface area contributed by atoms with E-state index in [0.29, 0.717) is 5.02 Å². The van der Waals surface area contributed by atoms with Crippen LogP contribution in [0, 0.1) is 6.92 Å². The Balaban J connectivity index is 2.43.